The third-order valence-corrected chi connectivity index (χ3v) is 6.51. The molecule has 5 aromatic rings. The standard InChI is InChI=1S/C27H20N4O2.C2HF3O2/c32-26-22-14-18(9-11-24(22)28-16-29-26)21-6-3-5-19-15-31(27(33)25(19)21)13-12-20-10-8-17-4-1-2-7-23(17)30-20;3-2(4,5)1(6)7/h1-11,14,16H,12-13,15H2,(H,28,29,32);(H,6,7). The van der Waals surface area contributed by atoms with Crippen LogP contribution in [0.5, 0.6) is 0 Å². The van der Waals surface area contributed by atoms with Gasteiger partial charge in [-0.3, -0.25) is 14.6 Å². The maximum atomic E-state index is 13.4. The summed E-state index contributed by atoms with van der Waals surface area (Å²) in [4.78, 5) is 47.9. The summed E-state index contributed by atoms with van der Waals surface area (Å²) in [7, 11) is 0. The minimum atomic E-state index is -5.08. The first-order valence-electron chi connectivity index (χ1n) is 12.2. The van der Waals surface area contributed by atoms with Crippen LogP contribution in [0.3, 0.4) is 0 Å². The lowest BCUT2D eigenvalue weighted by molar-refractivity contribution is -0.192. The van der Waals surface area contributed by atoms with Crippen LogP contribution < -0.4 is 5.56 Å². The normalized spacial score (nSPS) is 12.8. The molecule has 3 heterocycles. The van der Waals surface area contributed by atoms with Crippen LogP contribution in [-0.2, 0) is 17.8 Å². The summed E-state index contributed by atoms with van der Waals surface area (Å²) < 4.78 is 31.7. The molecular formula is C29H21F3N4O4. The molecule has 8 nitrogen and oxygen atoms in total. The number of carboxylic acids is 1. The van der Waals surface area contributed by atoms with Crippen molar-refractivity contribution in [1.82, 2.24) is 19.9 Å². The molecule has 3 aromatic carbocycles. The lowest BCUT2D eigenvalue weighted by atomic mass is 9.96. The first kappa shape index (κ1) is 26.5. The number of H-pyrrole nitrogens is 1. The molecule has 6 rings (SSSR count). The Morgan fingerprint density at radius 1 is 1.00 bits per heavy atom. The molecule has 0 unspecified atom stereocenters. The third-order valence-electron chi connectivity index (χ3n) is 6.51. The van der Waals surface area contributed by atoms with Gasteiger partial charge in [0.1, 0.15) is 0 Å². The average molecular weight is 547 g/mol. The Morgan fingerprint density at radius 2 is 1.77 bits per heavy atom. The van der Waals surface area contributed by atoms with Crippen molar-refractivity contribution in [2.24, 2.45) is 0 Å². The molecule has 1 amide bonds. The molecule has 1 aliphatic rings. The number of benzene rings is 3. The largest absolute Gasteiger partial charge is 0.490 e. The number of carbonyl (C=O) groups excluding carboxylic acids is 1. The number of hydrogen-bond donors (Lipinski definition) is 2. The minimum absolute atomic E-state index is 0.0154. The summed E-state index contributed by atoms with van der Waals surface area (Å²) in [5.41, 5.74) is 5.77. The van der Waals surface area contributed by atoms with Gasteiger partial charge in [-0.15, -0.1) is 0 Å². The molecule has 0 bridgehead atoms. The second-order valence-electron chi connectivity index (χ2n) is 9.08. The number of nitrogens with zero attached hydrogens (tertiary/aromatic N) is 3. The van der Waals surface area contributed by atoms with Crippen LogP contribution in [0.1, 0.15) is 21.6 Å². The van der Waals surface area contributed by atoms with E-state index in [9.17, 15) is 22.8 Å². The molecule has 0 fully saturated rings. The molecule has 2 N–H and O–H groups in total. The van der Waals surface area contributed by atoms with Gasteiger partial charge in [0, 0.05) is 30.6 Å². The predicted molar refractivity (Wildman–Crippen MR) is 142 cm³/mol. The van der Waals surface area contributed by atoms with Crippen LogP contribution in [0.2, 0.25) is 0 Å². The third kappa shape index (κ3) is 5.39. The molecule has 0 spiro atoms. The topological polar surface area (TPSA) is 116 Å². The Bertz CT molecular complexity index is 1820. The number of alkyl halides is 3. The van der Waals surface area contributed by atoms with E-state index in [4.69, 9.17) is 14.9 Å². The van der Waals surface area contributed by atoms with Crippen molar-refractivity contribution in [3.63, 3.8) is 0 Å². The molecule has 202 valence electrons. The van der Waals surface area contributed by atoms with E-state index in [2.05, 4.69) is 16.0 Å². The second kappa shape index (κ2) is 10.6. The lowest BCUT2D eigenvalue weighted by Gasteiger charge is -2.15. The van der Waals surface area contributed by atoms with Gasteiger partial charge in [-0.25, -0.2) is 4.79 Å². The molecular weight excluding hydrogens is 525 g/mol. The van der Waals surface area contributed by atoms with Gasteiger partial charge in [-0.1, -0.05) is 48.5 Å². The molecule has 40 heavy (non-hydrogen) atoms. The highest BCUT2D eigenvalue weighted by Crippen LogP contribution is 2.33. The SMILES string of the molecule is O=C(O)C(F)(F)F.O=C1c2c(cccc2-c2ccc3[nH]cnc(=O)c3c2)CN1CCc1ccc2ccccc2n1. The zero-order valence-electron chi connectivity index (χ0n) is 20.8. The van der Waals surface area contributed by atoms with Crippen LogP contribution in [0, 0.1) is 0 Å². The monoisotopic (exact) mass is 546 g/mol. The Labute approximate surface area is 224 Å². The van der Waals surface area contributed by atoms with Gasteiger partial charge >= 0.3 is 12.1 Å². The molecule has 0 aliphatic carbocycles. The first-order chi connectivity index (χ1) is 19.1. The Hall–Kier alpha value is -5.06. The van der Waals surface area contributed by atoms with E-state index in [1.165, 1.54) is 6.33 Å². The first-order valence-corrected chi connectivity index (χ1v) is 12.2. The number of carbonyl (C=O) groups is 2. The molecule has 0 atom stereocenters. The van der Waals surface area contributed by atoms with Gasteiger partial charge in [-0.2, -0.15) is 18.2 Å². The van der Waals surface area contributed by atoms with E-state index >= 15 is 0 Å². The predicted octanol–water partition coefficient (Wildman–Crippen LogP) is 4.97. The van der Waals surface area contributed by atoms with E-state index in [1.807, 2.05) is 71.6 Å². The number of hydrogen-bond acceptors (Lipinski definition) is 5. The number of rotatable bonds is 4. The highest BCUT2D eigenvalue weighted by atomic mass is 19.4. The molecule has 2 aromatic heterocycles. The molecule has 1 aliphatic heterocycles. The van der Waals surface area contributed by atoms with Crippen molar-refractivity contribution in [2.75, 3.05) is 6.54 Å². The summed E-state index contributed by atoms with van der Waals surface area (Å²) in [6.07, 6.45) is -2.99. The second-order valence-corrected chi connectivity index (χ2v) is 9.08. The number of fused-ring (bicyclic) bond motifs is 3. The van der Waals surface area contributed by atoms with Gasteiger partial charge in [0.05, 0.1) is 28.3 Å². The summed E-state index contributed by atoms with van der Waals surface area (Å²) in [6.45, 7) is 1.17. The number of nitrogens with one attached hydrogen (secondary N) is 1. The Kier molecular flexibility index (Phi) is 7.03. The Balaban J connectivity index is 0.000000411. The van der Waals surface area contributed by atoms with Gasteiger partial charge in [-0.05, 0) is 41.0 Å². The van der Waals surface area contributed by atoms with Crippen LogP contribution in [0.15, 0.2) is 83.9 Å². The van der Waals surface area contributed by atoms with Crippen molar-refractivity contribution in [2.45, 2.75) is 19.1 Å². The highest BCUT2D eigenvalue weighted by Gasteiger charge is 2.38. The average Bonchev–Trinajstić information content (AvgIpc) is 3.27. The van der Waals surface area contributed by atoms with Gasteiger partial charge < -0.3 is 15.0 Å². The summed E-state index contributed by atoms with van der Waals surface area (Å²) in [5.74, 6) is -2.74. The Morgan fingerprint density at radius 3 is 2.55 bits per heavy atom. The fourth-order valence-corrected chi connectivity index (χ4v) is 4.58. The summed E-state index contributed by atoms with van der Waals surface area (Å²) in [5, 5.41) is 8.75. The summed E-state index contributed by atoms with van der Waals surface area (Å²) >= 11 is 0. The van der Waals surface area contributed by atoms with E-state index in [0.29, 0.717) is 30.5 Å². The van der Waals surface area contributed by atoms with Crippen molar-refractivity contribution in [3.8, 4) is 11.1 Å². The number of aromatic nitrogens is 3. The number of carboxylic acid groups (broad SMARTS) is 1. The zero-order chi connectivity index (χ0) is 28.4. The lowest BCUT2D eigenvalue weighted by Crippen LogP contribution is -2.26. The van der Waals surface area contributed by atoms with Crippen LogP contribution in [0.4, 0.5) is 13.2 Å². The van der Waals surface area contributed by atoms with Crippen LogP contribution in [0.25, 0.3) is 32.9 Å². The van der Waals surface area contributed by atoms with Crippen LogP contribution >= 0.6 is 0 Å². The fraction of sp³-hybridized carbons (Fsp3) is 0.138. The van der Waals surface area contributed by atoms with Crippen molar-refractivity contribution >= 4 is 33.7 Å². The number of para-hydroxylation sites is 1. The van der Waals surface area contributed by atoms with Crippen molar-refractivity contribution < 1.29 is 27.9 Å². The van der Waals surface area contributed by atoms with Gasteiger partial charge in [0.2, 0.25) is 0 Å². The van der Waals surface area contributed by atoms with E-state index in [-0.39, 0.29) is 11.5 Å². The maximum absolute atomic E-state index is 13.4. The number of aliphatic carboxylic acids is 1. The summed E-state index contributed by atoms with van der Waals surface area (Å²) in [6, 6.07) is 23.7. The minimum Gasteiger partial charge on any atom is -0.475 e. The number of halogens is 3. The molecule has 0 radical (unpaired) electrons. The van der Waals surface area contributed by atoms with Gasteiger partial charge in [0.25, 0.3) is 11.5 Å². The zero-order valence-corrected chi connectivity index (χ0v) is 20.8. The molecule has 0 saturated carbocycles. The number of amides is 1. The number of pyridine rings is 1. The van der Waals surface area contributed by atoms with E-state index < -0.39 is 12.1 Å². The van der Waals surface area contributed by atoms with E-state index in [0.717, 1.165) is 38.8 Å². The number of aromatic amines is 1. The highest BCUT2D eigenvalue weighted by molar-refractivity contribution is 6.05. The maximum Gasteiger partial charge on any atom is 0.490 e. The van der Waals surface area contributed by atoms with Crippen molar-refractivity contribution in [3.05, 3.63) is 106 Å². The smallest absolute Gasteiger partial charge is 0.475 e. The fourth-order valence-electron chi connectivity index (χ4n) is 4.58. The van der Waals surface area contributed by atoms with E-state index in [1.54, 1.807) is 0 Å². The van der Waals surface area contributed by atoms with Gasteiger partial charge in [0.15, 0.2) is 0 Å². The van der Waals surface area contributed by atoms with Crippen molar-refractivity contribution in [1.29, 1.82) is 0 Å². The van der Waals surface area contributed by atoms with Crippen LogP contribution in [-0.4, -0.2) is 49.6 Å². The quantitative estimate of drug-likeness (QED) is 0.329. The molecule has 11 heteroatoms. The molecule has 0 saturated heterocycles.